The first-order valence-electron chi connectivity index (χ1n) is 6.39. The topological polar surface area (TPSA) is 84.3 Å². The molecule has 1 fully saturated rings. The summed E-state index contributed by atoms with van der Waals surface area (Å²) in [6, 6.07) is 1.88. The maximum Gasteiger partial charge on any atom is 0.311 e. The molecule has 0 unspecified atom stereocenters. The summed E-state index contributed by atoms with van der Waals surface area (Å²) in [6.45, 7) is 5.08. The summed E-state index contributed by atoms with van der Waals surface area (Å²) in [5.74, 6) is -0.294. The number of nitrogens with one attached hydrogen (secondary N) is 1. The second-order valence-corrected chi connectivity index (χ2v) is 5.03. The number of hydrogen-bond donors (Lipinski definition) is 2. The van der Waals surface area contributed by atoms with Gasteiger partial charge in [0.2, 0.25) is 5.95 Å². The molecule has 0 spiro atoms. The molecular formula is C13H19N3O3. The van der Waals surface area contributed by atoms with E-state index in [4.69, 9.17) is 4.74 Å². The van der Waals surface area contributed by atoms with Crippen molar-refractivity contribution in [1.29, 1.82) is 0 Å². The molecule has 0 atom stereocenters. The highest BCUT2D eigenvalue weighted by atomic mass is 16.5. The monoisotopic (exact) mass is 265 g/mol. The van der Waals surface area contributed by atoms with Crippen LogP contribution in [-0.2, 0) is 9.53 Å². The molecule has 19 heavy (non-hydrogen) atoms. The first-order valence-corrected chi connectivity index (χ1v) is 6.39. The van der Waals surface area contributed by atoms with Gasteiger partial charge in [-0.25, -0.2) is 9.97 Å². The number of carbonyl (C=O) groups is 1. The van der Waals surface area contributed by atoms with Gasteiger partial charge in [0.1, 0.15) is 0 Å². The Morgan fingerprint density at radius 2 is 1.95 bits per heavy atom. The molecule has 0 saturated carbocycles. The fourth-order valence-corrected chi connectivity index (χ4v) is 2.28. The van der Waals surface area contributed by atoms with Crippen LogP contribution in [0.4, 0.5) is 5.95 Å². The summed E-state index contributed by atoms with van der Waals surface area (Å²) in [5.41, 5.74) is 0.955. The molecule has 6 nitrogen and oxygen atoms in total. The third-order valence-electron chi connectivity index (χ3n) is 3.47. The van der Waals surface area contributed by atoms with Gasteiger partial charge in [0, 0.05) is 31.1 Å². The molecule has 6 heteroatoms. The third-order valence-corrected chi connectivity index (χ3v) is 3.47. The summed E-state index contributed by atoms with van der Waals surface area (Å²) in [6.07, 6.45) is 1.03. The number of nitrogens with zero attached hydrogens (tertiary/aromatic N) is 2. The summed E-state index contributed by atoms with van der Waals surface area (Å²) in [4.78, 5) is 20.0. The lowest BCUT2D eigenvalue weighted by atomic mass is 9.80. The normalized spacial score (nSPS) is 18.0. The van der Waals surface area contributed by atoms with Crippen LogP contribution in [0.15, 0.2) is 6.07 Å². The molecule has 2 N–H and O–H groups in total. The van der Waals surface area contributed by atoms with E-state index in [1.54, 1.807) is 0 Å². The molecule has 2 rings (SSSR count). The average molecular weight is 265 g/mol. The van der Waals surface area contributed by atoms with Gasteiger partial charge in [-0.2, -0.15) is 0 Å². The van der Waals surface area contributed by atoms with Gasteiger partial charge >= 0.3 is 5.97 Å². The molecule has 1 aliphatic rings. The highest BCUT2D eigenvalue weighted by Gasteiger charge is 2.40. The molecule has 1 aromatic rings. The summed E-state index contributed by atoms with van der Waals surface area (Å²) in [5, 5.41) is 12.5. The van der Waals surface area contributed by atoms with E-state index in [-0.39, 0.29) is 0 Å². The molecule has 1 aliphatic heterocycles. The van der Waals surface area contributed by atoms with Gasteiger partial charge in [0.05, 0.1) is 5.41 Å². The van der Waals surface area contributed by atoms with Crippen molar-refractivity contribution < 1.29 is 14.6 Å². The lowest BCUT2D eigenvalue weighted by molar-refractivity contribution is -0.153. The largest absolute Gasteiger partial charge is 0.481 e. The van der Waals surface area contributed by atoms with E-state index in [1.165, 1.54) is 0 Å². The first-order chi connectivity index (χ1) is 9.02. The second kappa shape index (κ2) is 5.52. The van der Waals surface area contributed by atoms with Crippen LogP contribution in [0.1, 0.15) is 24.2 Å². The van der Waals surface area contributed by atoms with Crippen molar-refractivity contribution in [2.24, 2.45) is 5.41 Å². The van der Waals surface area contributed by atoms with Crippen molar-refractivity contribution in [2.75, 3.05) is 25.1 Å². The van der Waals surface area contributed by atoms with Crippen LogP contribution < -0.4 is 5.32 Å². The smallest absolute Gasteiger partial charge is 0.311 e. The van der Waals surface area contributed by atoms with Crippen LogP contribution in [0.2, 0.25) is 0 Å². The van der Waals surface area contributed by atoms with E-state index < -0.39 is 11.4 Å². The van der Waals surface area contributed by atoms with E-state index in [9.17, 15) is 9.90 Å². The van der Waals surface area contributed by atoms with Gasteiger partial charge in [0.15, 0.2) is 0 Å². The average Bonchev–Trinajstić information content (AvgIpc) is 2.36. The molecule has 0 aliphatic carbocycles. The maximum atomic E-state index is 11.5. The summed E-state index contributed by atoms with van der Waals surface area (Å²) in [7, 11) is 0. The predicted molar refractivity (Wildman–Crippen MR) is 70.1 cm³/mol. The molecular weight excluding hydrogens is 246 g/mol. The number of anilines is 1. The van der Waals surface area contributed by atoms with Gasteiger partial charge in [-0.3, -0.25) is 4.79 Å². The lowest BCUT2D eigenvalue weighted by Gasteiger charge is -2.33. The van der Waals surface area contributed by atoms with E-state index in [0.29, 0.717) is 38.5 Å². The Morgan fingerprint density at radius 1 is 1.37 bits per heavy atom. The quantitative estimate of drug-likeness (QED) is 0.855. The molecule has 1 aromatic heterocycles. The Kier molecular flexibility index (Phi) is 3.99. The summed E-state index contributed by atoms with van der Waals surface area (Å²) < 4.78 is 5.24. The molecule has 0 aromatic carbocycles. The Bertz CT molecular complexity index is 450. The van der Waals surface area contributed by atoms with Crippen molar-refractivity contribution in [3.63, 3.8) is 0 Å². The zero-order valence-electron chi connectivity index (χ0n) is 11.3. The van der Waals surface area contributed by atoms with Gasteiger partial charge in [0.25, 0.3) is 0 Å². The Labute approximate surface area is 112 Å². The number of carboxylic acids is 1. The van der Waals surface area contributed by atoms with E-state index >= 15 is 0 Å². The zero-order valence-corrected chi connectivity index (χ0v) is 11.3. The highest BCUT2D eigenvalue weighted by molar-refractivity contribution is 5.75. The highest BCUT2D eigenvalue weighted by Crippen LogP contribution is 2.30. The van der Waals surface area contributed by atoms with Gasteiger partial charge in [-0.05, 0) is 32.8 Å². The number of ether oxygens (including phenoxy) is 1. The molecule has 0 amide bonds. The van der Waals surface area contributed by atoms with E-state index in [0.717, 1.165) is 11.4 Å². The Hall–Kier alpha value is -1.69. The lowest BCUT2D eigenvalue weighted by Crippen LogP contribution is -2.42. The number of hydrogen-bond acceptors (Lipinski definition) is 5. The Balaban J connectivity index is 2.08. The van der Waals surface area contributed by atoms with E-state index in [1.807, 2.05) is 19.9 Å². The van der Waals surface area contributed by atoms with Crippen molar-refractivity contribution in [3.05, 3.63) is 17.5 Å². The van der Waals surface area contributed by atoms with Crippen LogP contribution in [0.5, 0.6) is 0 Å². The minimum absolute atomic E-state index is 0.328. The number of aryl methyl sites for hydroxylation is 2. The minimum atomic E-state index is -0.785. The van der Waals surface area contributed by atoms with Gasteiger partial charge in [-0.15, -0.1) is 0 Å². The predicted octanol–water partition coefficient (Wildman–Crippen LogP) is 1.39. The molecule has 1 saturated heterocycles. The van der Waals surface area contributed by atoms with Gasteiger partial charge in [-0.1, -0.05) is 0 Å². The molecule has 2 heterocycles. The van der Waals surface area contributed by atoms with Crippen molar-refractivity contribution >= 4 is 11.9 Å². The SMILES string of the molecule is Cc1cc(C)nc(NCC2(C(=O)O)CCOCC2)n1. The molecule has 0 bridgehead atoms. The fourth-order valence-electron chi connectivity index (χ4n) is 2.28. The van der Waals surface area contributed by atoms with Crippen LogP contribution in [-0.4, -0.2) is 40.8 Å². The fraction of sp³-hybridized carbons (Fsp3) is 0.615. The second-order valence-electron chi connectivity index (χ2n) is 5.03. The van der Waals surface area contributed by atoms with Crippen molar-refractivity contribution in [2.45, 2.75) is 26.7 Å². The number of rotatable bonds is 4. The first kappa shape index (κ1) is 13.7. The van der Waals surface area contributed by atoms with Gasteiger partial charge < -0.3 is 15.2 Å². The van der Waals surface area contributed by atoms with Crippen molar-refractivity contribution in [1.82, 2.24) is 9.97 Å². The van der Waals surface area contributed by atoms with Crippen LogP contribution in [0.3, 0.4) is 0 Å². The molecule has 0 radical (unpaired) electrons. The number of aromatic nitrogens is 2. The number of carboxylic acid groups (broad SMARTS) is 1. The van der Waals surface area contributed by atoms with Crippen LogP contribution >= 0.6 is 0 Å². The van der Waals surface area contributed by atoms with E-state index in [2.05, 4.69) is 15.3 Å². The van der Waals surface area contributed by atoms with Crippen LogP contribution in [0.25, 0.3) is 0 Å². The molecule has 104 valence electrons. The summed E-state index contributed by atoms with van der Waals surface area (Å²) >= 11 is 0. The Morgan fingerprint density at radius 3 is 2.47 bits per heavy atom. The standard InChI is InChI=1S/C13H19N3O3/c1-9-7-10(2)16-12(15-9)14-8-13(11(17)18)3-5-19-6-4-13/h7H,3-6,8H2,1-2H3,(H,17,18)(H,14,15,16). The third kappa shape index (κ3) is 3.20. The van der Waals surface area contributed by atoms with Crippen LogP contribution in [0, 0.1) is 19.3 Å². The minimum Gasteiger partial charge on any atom is -0.481 e. The maximum absolute atomic E-state index is 11.5. The zero-order chi connectivity index (χ0) is 13.9. The number of aliphatic carboxylic acids is 1. The van der Waals surface area contributed by atoms with Crippen molar-refractivity contribution in [3.8, 4) is 0 Å².